The molecule has 4 heterocycles. The smallest absolute Gasteiger partial charge is 0.285 e. The van der Waals surface area contributed by atoms with Crippen LogP contribution in [0.1, 0.15) is 36.0 Å². The van der Waals surface area contributed by atoms with Crippen molar-refractivity contribution in [1.29, 1.82) is 0 Å². The van der Waals surface area contributed by atoms with Crippen LogP contribution in [0.4, 0.5) is 0 Å². The first kappa shape index (κ1) is 23.1. The Hall–Kier alpha value is -2.69. The van der Waals surface area contributed by atoms with Gasteiger partial charge in [-0.05, 0) is 44.0 Å². The highest BCUT2D eigenvalue weighted by atomic mass is 32.2. The summed E-state index contributed by atoms with van der Waals surface area (Å²) >= 11 is 0. The minimum Gasteiger partial charge on any atom is -0.465 e. The van der Waals surface area contributed by atoms with Crippen molar-refractivity contribution in [3.05, 3.63) is 53.5 Å². The van der Waals surface area contributed by atoms with Crippen LogP contribution in [-0.4, -0.2) is 75.9 Å². The summed E-state index contributed by atoms with van der Waals surface area (Å²) in [5, 5.41) is 3.14. The van der Waals surface area contributed by atoms with Crippen molar-refractivity contribution < 1.29 is 22.4 Å². The van der Waals surface area contributed by atoms with Crippen molar-refractivity contribution in [3.8, 4) is 0 Å². The second-order valence-corrected chi connectivity index (χ2v) is 10.6. The summed E-state index contributed by atoms with van der Waals surface area (Å²) in [6.45, 7) is 6.36. The third kappa shape index (κ3) is 4.62. The number of nitrogens with zero attached hydrogens (tertiary/aromatic N) is 3. The van der Waals surface area contributed by atoms with Gasteiger partial charge in [-0.15, -0.1) is 4.40 Å². The highest BCUT2D eigenvalue weighted by Crippen LogP contribution is 2.30. The number of amides is 1. The van der Waals surface area contributed by atoms with Gasteiger partial charge in [0, 0.05) is 38.3 Å². The predicted molar refractivity (Wildman–Crippen MR) is 126 cm³/mol. The number of fused-ring (bicyclic) bond motifs is 1. The van der Waals surface area contributed by atoms with Crippen molar-refractivity contribution in [2.45, 2.75) is 30.7 Å². The summed E-state index contributed by atoms with van der Waals surface area (Å²) < 4.78 is 40.4. The van der Waals surface area contributed by atoms with E-state index in [4.69, 9.17) is 9.15 Å². The second-order valence-electron chi connectivity index (χ2n) is 9.03. The molecule has 1 amide bonds. The molecule has 2 fully saturated rings. The van der Waals surface area contributed by atoms with E-state index >= 15 is 0 Å². The van der Waals surface area contributed by atoms with E-state index < -0.39 is 10.0 Å². The Bertz CT molecular complexity index is 1190. The summed E-state index contributed by atoms with van der Waals surface area (Å²) in [5.41, 5.74) is 0.615. The maximum absolute atomic E-state index is 13.2. The molecule has 10 heteroatoms. The quantitative estimate of drug-likeness (QED) is 0.689. The Labute approximate surface area is 199 Å². The van der Waals surface area contributed by atoms with Crippen molar-refractivity contribution >= 4 is 21.8 Å². The number of hydrogen-bond acceptors (Lipinski definition) is 7. The van der Waals surface area contributed by atoms with Gasteiger partial charge in [0.05, 0.1) is 25.2 Å². The molecule has 1 N–H and O–H groups in total. The lowest BCUT2D eigenvalue weighted by Gasteiger charge is -2.35. The number of sulfonamides is 1. The number of morpholine rings is 1. The van der Waals surface area contributed by atoms with Crippen molar-refractivity contribution in [2.75, 3.05) is 45.9 Å². The Morgan fingerprint density at radius 3 is 2.74 bits per heavy atom. The first-order valence-corrected chi connectivity index (χ1v) is 13.2. The molecule has 0 saturated carbocycles. The topological polar surface area (TPSA) is 104 Å². The van der Waals surface area contributed by atoms with Crippen LogP contribution in [0.15, 0.2) is 50.1 Å². The van der Waals surface area contributed by atoms with E-state index in [0.29, 0.717) is 44.2 Å². The molecule has 2 saturated heterocycles. The van der Waals surface area contributed by atoms with Crippen LogP contribution in [0.25, 0.3) is 0 Å². The molecule has 9 nitrogen and oxygen atoms in total. The lowest BCUT2D eigenvalue weighted by atomic mass is 9.96. The van der Waals surface area contributed by atoms with Gasteiger partial charge < -0.3 is 19.4 Å². The first-order chi connectivity index (χ1) is 16.4. The predicted octanol–water partition coefficient (Wildman–Crippen LogP) is 1.94. The number of ether oxygens (including phenoxy) is 1. The van der Waals surface area contributed by atoms with Crippen LogP contribution in [-0.2, 0) is 19.6 Å². The van der Waals surface area contributed by atoms with Crippen LogP contribution in [0.3, 0.4) is 0 Å². The molecule has 0 bridgehead atoms. The molecule has 3 aliphatic heterocycles. The average Bonchev–Trinajstić information content (AvgIpc) is 3.40. The molecule has 182 valence electrons. The van der Waals surface area contributed by atoms with Gasteiger partial charge in [0.15, 0.2) is 5.84 Å². The van der Waals surface area contributed by atoms with E-state index in [1.165, 1.54) is 0 Å². The number of aryl methyl sites for hydroxylation is 1. The van der Waals surface area contributed by atoms with Crippen molar-refractivity contribution in [3.63, 3.8) is 0 Å². The monoisotopic (exact) mass is 486 g/mol. The summed E-state index contributed by atoms with van der Waals surface area (Å²) in [4.78, 5) is 17.6. The van der Waals surface area contributed by atoms with Gasteiger partial charge in [0.1, 0.15) is 16.4 Å². The van der Waals surface area contributed by atoms with E-state index in [9.17, 15) is 13.2 Å². The number of hydrogen-bond donors (Lipinski definition) is 1. The minimum absolute atomic E-state index is 0.0269. The first-order valence-electron chi connectivity index (χ1n) is 11.8. The molecule has 0 aliphatic carbocycles. The molecule has 0 spiro atoms. The maximum Gasteiger partial charge on any atom is 0.285 e. The van der Waals surface area contributed by atoms with Crippen LogP contribution in [0.2, 0.25) is 0 Å². The highest BCUT2D eigenvalue weighted by molar-refractivity contribution is 7.90. The standard InChI is InChI=1S/C24H30N4O5S/c1-17-8-9-21(33-17)20(27-11-13-32-14-12-27)15-25-24(29)18-5-4-10-28(16-18)23-19-6-2-3-7-22(19)34(30,31)26-23/h2-3,6-9,18,20H,4-5,10-16H2,1H3,(H,25,29). The number of amidine groups is 1. The Morgan fingerprint density at radius 2 is 1.97 bits per heavy atom. The Balaban J connectivity index is 1.27. The molecule has 0 radical (unpaired) electrons. The van der Waals surface area contributed by atoms with Gasteiger partial charge in [-0.1, -0.05) is 12.1 Å². The van der Waals surface area contributed by atoms with Gasteiger partial charge in [-0.25, -0.2) is 0 Å². The number of likely N-dealkylation sites (tertiary alicyclic amines) is 1. The number of piperidine rings is 1. The molecule has 3 aliphatic rings. The fourth-order valence-electron chi connectivity index (χ4n) is 4.97. The van der Waals surface area contributed by atoms with Crippen LogP contribution < -0.4 is 5.32 Å². The Kier molecular flexibility index (Phi) is 6.46. The molecule has 34 heavy (non-hydrogen) atoms. The average molecular weight is 487 g/mol. The SMILES string of the molecule is Cc1ccc(C(CNC(=O)C2CCCN(C3=NS(=O)(=O)c4ccccc43)C2)N2CCOCC2)o1. The van der Waals surface area contributed by atoms with Crippen LogP contribution in [0.5, 0.6) is 0 Å². The van der Waals surface area contributed by atoms with Gasteiger partial charge in [-0.2, -0.15) is 8.42 Å². The second kappa shape index (κ2) is 9.52. The molecule has 1 aromatic heterocycles. The maximum atomic E-state index is 13.2. The largest absolute Gasteiger partial charge is 0.465 e. The zero-order chi connectivity index (χ0) is 23.7. The van der Waals surface area contributed by atoms with Crippen LogP contribution in [0, 0.1) is 12.8 Å². The van der Waals surface area contributed by atoms with Gasteiger partial charge in [-0.3, -0.25) is 9.69 Å². The van der Waals surface area contributed by atoms with Crippen molar-refractivity contribution in [1.82, 2.24) is 15.1 Å². The van der Waals surface area contributed by atoms with E-state index in [1.54, 1.807) is 18.2 Å². The number of nitrogens with one attached hydrogen (secondary N) is 1. The molecular formula is C24H30N4O5S. The normalized spacial score (nSPS) is 23.3. The number of carbonyl (C=O) groups is 1. The fourth-order valence-corrected chi connectivity index (χ4v) is 6.20. The summed E-state index contributed by atoms with van der Waals surface area (Å²) in [6, 6.07) is 10.7. The molecule has 2 atom stereocenters. The number of furan rings is 1. The zero-order valence-corrected chi connectivity index (χ0v) is 20.1. The molecule has 2 unspecified atom stereocenters. The van der Waals surface area contributed by atoms with Gasteiger partial charge in [0.25, 0.3) is 10.0 Å². The van der Waals surface area contributed by atoms with Crippen LogP contribution >= 0.6 is 0 Å². The molecule has 2 aromatic rings. The molecule has 5 rings (SSSR count). The van der Waals surface area contributed by atoms with E-state index in [1.807, 2.05) is 30.0 Å². The number of carbonyl (C=O) groups excluding carboxylic acids is 1. The third-order valence-electron chi connectivity index (χ3n) is 6.75. The van der Waals surface area contributed by atoms with Gasteiger partial charge in [0.2, 0.25) is 5.91 Å². The van der Waals surface area contributed by atoms with E-state index in [-0.39, 0.29) is 22.8 Å². The number of rotatable bonds is 5. The third-order valence-corrected chi connectivity index (χ3v) is 8.08. The van der Waals surface area contributed by atoms with E-state index in [2.05, 4.69) is 14.6 Å². The van der Waals surface area contributed by atoms with Crippen molar-refractivity contribution in [2.24, 2.45) is 10.3 Å². The lowest BCUT2D eigenvalue weighted by Crippen LogP contribution is -2.48. The lowest BCUT2D eigenvalue weighted by molar-refractivity contribution is -0.126. The zero-order valence-electron chi connectivity index (χ0n) is 19.3. The summed E-state index contributed by atoms with van der Waals surface area (Å²) in [7, 11) is -3.68. The van der Waals surface area contributed by atoms with E-state index in [0.717, 1.165) is 37.5 Å². The summed E-state index contributed by atoms with van der Waals surface area (Å²) in [6.07, 6.45) is 1.55. The summed E-state index contributed by atoms with van der Waals surface area (Å²) in [5.74, 6) is 1.86. The minimum atomic E-state index is -3.68. The highest BCUT2D eigenvalue weighted by Gasteiger charge is 2.35. The number of benzene rings is 1. The fraction of sp³-hybridized carbons (Fsp3) is 0.500. The Morgan fingerprint density at radius 1 is 1.18 bits per heavy atom. The molecular weight excluding hydrogens is 456 g/mol. The molecule has 1 aromatic carbocycles. The van der Waals surface area contributed by atoms with Gasteiger partial charge >= 0.3 is 0 Å².